The quantitative estimate of drug-likeness (QED) is 0.0193. The number of carboxylic acid groups (broad SMARTS) is 1. The zero-order valence-corrected chi connectivity index (χ0v) is 54.2. The lowest BCUT2D eigenvalue weighted by atomic mass is 10.00. The highest BCUT2D eigenvalue weighted by Gasteiger charge is 2.44. The molecule has 1 aromatic rings. The maximum atomic E-state index is 12.4. The van der Waals surface area contributed by atoms with Crippen molar-refractivity contribution in [3.8, 4) is 0 Å². The van der Waals surface area contributed by atoms with Crippen molar-refractivity contribution in [1.29, 1.82) is 0 Å². The first-order valence-electron chi connectivity index (χ1n) is 31.2. The number of rotatable bonds is 45. The summed E-state index contributed by atoms with van der Waals surface area (Å²) < 4.78 is 71.9. The predicted molar refractivity (Wildman–Crippen MR) is 325 cm³/mol. The average molecular weight is 1330 g/mol. The smallest absolute Gasteiger partial charge is 0.426 e. The van der Waals surface area contributed by atoms with Gasteiger partial charge in [0.25, 0.3) is 0 Å². The average Bonchev–Trinajstić information content (AvgIpc) is 0.968. The number of carboxylic acids is 1. The Labute approximate surface area is 535 Å². The lowest BCUT2D eigenvalue weighted by Crippen LogP contribution is -2.56. The number of hydrazine groups is 1. The number of aliphatic hydroxyl groups is 6. The number of ether oxygens (including phenoxy) is 12. The summed E-state index contributed by atoms with van der Waals surface area (Å²) >= 11 is 0. The third kappa shape index (κ3) is 32.9. The highest BCUT2D eigenvalue weighted by molar-refractivity contribution is 8.76. The Kier molecular flexibility index (Phi) is 39.2. The van der Waals surface area contributed by atoms with Gasteiger partial charge in [-0.2, -0.15) is 0 Å². The molecule has 0 bridgehead atoms. The second kappa shape index (κ2) is 44.8. The van der Waals surface area contributed by atoms with E-state index in [9.17, 15) is 54.6 Å². The zero-order chi connectivity index (χ0) is 65.7. The van der Waals surface area contributed by atoms with Crippen molar-refractivity contribution in [3.63, 3.8) is 0 Å². The Balaban J connectivity index is 1.31. The molecule has 0 unspecified atom stereocenters. The highest BCUT2D eigenvalue weighted by Crippen LogP contribution is 2.31. The van der Waals surface area contributed by atoms with E-state index in [4.69, 9.17) is 61.9 Å². The second-order valence-electron chi connectivity index (χ2n) is 23.0. The predicted octanol–water partition coefficient (Wildman–Crippen LogP) is 2.51. The Hall–Kier alpha value is -3.68. The number of pyridine rings is 1. The number of aliphatic hydroxyl groups excluding tert-OH is 6. The monoisotopic (exact) mass is 1330 g/mol. The Morgan fingerprint density at radius 1 is 0.667 bits per heavy atom. The van der Waals surface area contributed by atoms with Crippen LogP contribution in [0.3, 0.4) is 0 Å². The van der Waals surface area contributed by atoms with Crippen LogP contribution in [0.15, 0.2) is 29.4 Å². The summed E-state index contributed by atoms with van der Waals surface area (Å²) in [4.78, 5) is 64.3. The summed E-state index contributed by atoms with van der Waals surface area (Å²) in [6, 6.07) is 5.65. The van der Waals surface area contributed by atoms with E-state index in [-0.39, 0.29) is 90.0 Å². The Morgan fingerprint density at radius 3 is 1.81 bits per heavy atom. The van der Waals surface area contributed by atoms with Crippen LogP contribution in [0.2, 0.25) is 0 Å². The van der Waals surface area contributed by atoms with Gasteiger partial charge in [-0.3, -0.25) is 24.6 Å². The third-order valence-corrected chi connectivity index (χ3v) is 16.6. The van der Waals surface area contributed by atoms with Crippen molar-refractivity contribution in [2.24, 2.45) is 0 Å². The molecule has 3 aliphatic rings. The van der Waals surface area contributed by atoms with Crippen molar-refractivity contribution in [2.45, 2.75) is 240 Å². The van der Waals surface area contributed by atoms with E-state index in [1.54, 1.807) is 44.7 Å². The van der Waals surface area contributed by atoms with Crippen LogP contribution in [0.5, 0.6) is 0 Å². The number of amides is 4. The maximum Gasteiger partial charge on any atom is 0.426 e. The number of unbranched alkanes of at least 4 members (excludes halogenated alkanes) is 6. The normalized spacial score (nSPS) is 25.6. The van der Waals surface area contributed by atoms with Crippen LogP contribution in [0.4, 0.5) is 4.79 Å². The van der Waals surface area contributed by atoms with E-state index in [1.807, 2.05) is 18.2 Å². The van der Waals surface area contributed by atoms with Gasteiger partial charge in [0.2, 0.25) is 17.7 Å². The minimum atomic E-state index is -1.29. The van der Waals surface area contributed by atoms with E-state index in [0.29, 0.717) is 96.1 Å². The number of nitrogens with zero attached hydrogens (tertiary/aromatic N) is 1. The summed E-state index contributed by atoms with van der Waals surface area (Å²) in [7, 11) is 4.46. The number of methoxy groups -OCH3 is 1. The molecule has 3 fully saturated rings. The first-order valence-corrected chi connectivity index (χ1v) is 33.5. The number of carbonyl (C=O) groups is 5. The number of hydrogen-bond donors (Lipinski definition) is 11. The summed E-state index contributed by atoms with van der Waals surface area (Å²) in [5.74, 6) is -0.943. The molecule has 3 aliphatic heterocycles. The maximum absolute atomic E-state index is 12.4. The molecular formula is C59H101N5O24S2. The molecule has 1 aromatic heterocycles. The van der Waals surface area contributed by atoms with Crippen LogP contribution >= 0.6 is 21.6 Å². The van der Waals surface area contributed by atoms with Gasteiger partial charge in [0.05, 0.1) is 50.8 Å². The van der Waals surface area contributed by atoms with Crippen LogP contribution in [0.25, 0.3) is 0 Å². The van der Waals surface area contributed by atoms with Gasteiger partial charge >= 0.3 is 12.1 Å². The molecule has 3 saturated heterocycles. The molecule has 90 heavy (non-hydrogen) atoms. The van der Waals surface area contributed by atoms with Crippen molar-refractivity contribution < 1.29 is 117 Å². The number of hydrogen-bond acceptors (Lipinski definition) is 26. The Morgan fingerprint density at radius 2 is 1.23 bits per heavy atom. The lowest BCUT2D eigenvalue weighted by Gasteiger charge is -2.42. The van der Waals surface area contributed by atoms with Crippen LogP contribution < -0.4 is 21.5 Å². The van der Waals surface area contributed by atoms with E-state index in [1.165, 1.54) is 17.9 Å². The molecule has 4 rings (SSSR count). The molecule has 29 nitrogen and oxygen atoms in total. The fourth-order valence-corrected chi connectivity index (χ4v) is 11.4. The largest absolute Gasteiger partial charge is 0.481 e. The van der Waals surface area contributed by atoms with Crippen LogP contribution in [-0.4, -0.2) is 247 Å². The minimum Gasteiger partial charge on any atom is -0.481 e. The van der Waals surface area contributed by atoms with Gasteiger partial charge < -0.3 is 103 Å². The molecule has 4 heterocycles. The molecule has 518 valence electrons. The molecular weight excluding hydrogens is 1230 g/mol. The van der Waals surface area contributed by atoms with Gasteiger partial charge in [-0.05, 0) is 89.1 Å². The van der Waals surface area contributed by atoms with Crippen LogP contribution in [0.1, 0.15) is 137 Å². The fraction of sp³-hybridized carbons (Fsp3) is 0.831. The van der Waals surface area contributed by atoms with Crippen molar-refractivity contribution >= 4 is 51.4 Å². The summed E-state index contributed by atoms with van der Waals surface area (Å²) in [5, 5.41) is 80.4. The van der Waals surface area contributed by atoms with E-state index < -0.39 is 122 Å². The molecule has 15 atom stereocenters. The molecule has 0 aliphatic carbocycles. The van der Waals surface area contributed by atoms with Gasteiger partial charge in [-0.1, -0.05) is 36.1 Å². The molecule has 0 aromatic carbocycles. The van der Waals surface area contributed by atoms with Gasteiger partial charge in [0, 0.05) is 110 Å². The molecule has 11 N–H and O–H groups in total. The van der Waals surface area contributed by atoms with Crippen molar-refractivity contribution in [1.82, 2.24) is 26.5 Å². The van der Waals surface area contributed by atoms with E-state index >= 15 is 0 Å². The summed E-state index contributed by atoms with van der Waals surface area (Å²) in [6.07, 6.45) is -9.05. The van der Waals surface area contributed by atoms with Gasteiger partial charge in [-0.25, -0.2) is 15.2 Å². The molecule has 31 heteroatoms. The SMILES string of the molecule is CO[C@@H]1C[C@@H](O)[C@H](O)[C@@H](CO[C@@H]2C[C@@H](O)[C@H](OCCCCCC(=O)O)[C@@H](CO[C@@H]3C[C@@H](O)[C@H](OCCCCCC(=O)NNC(=O)OC(C)(C)C)[C@@H](CO[C@H](CCO)O[C@H](CO)[C@H](C)OCCCCCC(=O)NCCNC(=O)CCSSc4ccccn4)O3)O2)O1. The molecule has 0 saturated carbocycles. The Bertz CT molecular complexity index is 2150. The molecule has 4 amide bonds. The number of nitrogens with one attached hydrogen (secondary N) is 4. The molecule has 0 spiro atoms. The first kappa shape index (κ1) is 78.8. The zero-order valence-electron chi connectivity index (χ0n) is 52.6. The van der Waals surface area contributed by atoms with Crippen LogP contribution in [-0.2, 0) is 76.0 Å². The lowest BCUT2D eigenvalue weighted by molar-refractivity contribution is -0.312. The number of aromatic nitrogens is 1. The first-order chi connectivity index (χ1) is 43.2. The van der Waals surface area contributed by atoms with Gasteiger partial charge in [-0.15, -0.1) is 0 Å². The summed E-state index contributed by atoms with van der Waals surface area (Å²) in [6.45, 7) is 6.42. The minimum absolute atomic E-state index is 0.00319. The number of carbonyl (C=O) groups excluding carboxylic acids is 4. The van der Waals surface area contributed by atoms with Crippen LogP contribution in [0, 0.1) is 0 Å². The van der Waals surface area contributed by atoms with Crippen molar-refractivity contribution in [2.75, 3.05) is 78.8 Å². The van der Waals surface area contributed by atoms with Gasteiger partial charge in [0.1, 0.15) is 53.4 Å². The highest BCUT2D eigenvalue weighted by atomic mass is 33.1. The van der Waals surface area contributed by atoms with E-state index in [2.05, 4.69) is 26.5 Å². The fourth-order valence-electron chi connectivity index (χ4n) is 9.54. The molecule has 0 radical (unpaired) electrons. The third-order valence-electron chi connectivity index (χ3n) is 14.3. The van der Waals surface area contributed by atoms with E-state index in [0.717, 1.165) is 5.03 Å². The van der Waals surface area contributed by atoms with Crippen molar-refractivity contribution in [3.05, 3.63) is 24.4 Å². The second-order valence-corrected chi connectivity index (χ2v) is 25.5. The standard InChI is InChI=1S/C59H101N5O24S2/c1-38(78-27-14-6-9-17-46(70)60-24-25-61-47(71)22-30-89-90-49-19-12-13-23-62-49)42(34-66)84-51(21-26-65)81-36-44-56(79-28-15-7-10-18-48(72)63-64-58(76)88-59(2,3)4)41(69)33-54(86-44)83-37-45-57(80-29-16-8-11-20-50(73)74)40(68)32-53(87-45)82-35-43-55(75)39(67)31-52(77-5)85-43/h12-13,19,23,38-45,51-57,65-69,75H,6-11,14-18,20-22,24-37H2,1-5H3,(H,60,70)(H,61,71)(H,63,72)(H,64,76)(H,73,74)/t38-,39+,40+,41+,42+,43+,44+,45+,51-,52-,53-,54-,55-,56-,57-/m0/s1. The van der Waals surface area contributed by atoms with Gasteiger partial charge in [0.15, 0.2) is 25.2 Å². The topological polar surface area (TPSA) is 399 Å². The number of aliphatic carboxylic acids is 1. The summed E-state index contributed by atoms with van der Waals surface area (Å²) in [5.41, 5.74) is 3.79.